The van der Waals surface area contributed by atoms with Crippen molar-refractivity contribution < 1.29 is 18.7 Å². The third kappa shape index (κ3) is 2.34. The molecule has 0 aromatic rings. The summed E-state index contributed by atoms with van der Waals surface area (Å²) in [6, 6.07) is 0. The Balaban J connectivity index is 1.58. The first-order valence-electron chi connectivity index (χ1n) is 13.5. The normalized spacial score (nSPS) is 53.7. The molecular formula is C30H38FNO3. The number of hydrogen-bond acceptors (Lipinski definition) is 3. The maximum atomic E-state index is 17.0. The number of allylic oxidation sites excluding steroid dienone is 3. The second kappa shape index (κ2) is 6.48. The molecule has 5 aliphatic carbocycles. The average Bonchev–Trinajstić information content (AvgIpc) is 2.98. The molecule has 0 N–H and O–H groups in total. The predicted octanol–water partition coefficient (Wildman–Crippen LogP) is 6.62. The van der Waals surface area contributed by atoms with Crippen LogP contribution in [0.15, 0.2) is 23.4 Å². The van der Waals surface area contributed by atoms with Gasteiger partial charge in [0.05, 0.1) is 12.0 Å². The summed E-state index contributed by atoms with van der Waals surface area (Å²) in [5.41, 5.74) is -1.94. The zero-order valence-corrected chi connectivity index (χ0v) is 22.0. The number of nitrogens with zero attached hydrogens (tertiary/aromatic N) is 1. The van der Waals surface area contributed by atoms with Crippen LogP contribution in [0.4, 0.5) is 4.39 Å². The Kier molecular flexibility index (Phi) is 4.34. The van der Waals surface area contributed by atoms with Crippen LogP contribution in [0.25, 0.3) is 4.85 Å². The van der Waals surface area contributed by atoms with E-state index in [1.807, 2.05) is 13.0 Å². The van der Waals surface area contributed by atoms with Gasteiger partial charge in [-0.1, -0.05) is 53.2 Å². The van der Waals surface area contributed by atoms with Gasteiger partial charge in [-0.2, -0.15) is 0 Å². The van der Waals surface area contributed by atoms with Crippen LogP contribution >= 0.6 is 0 Å². The van der Waals surface area contributed by atoms with E-state index >= 15 is 4.39 Å². The number of fused-ring (bicyclic) bond motifs is 4. The lowest BCUT2D eigenvalue weighted by Crippen LogP contribution is -2.71. The molecular weight excluding hydrogens is 441 g/mol. The molecule has 1 heterocycles. The van der Waals surface area contributed by atoms with Crippen molar-refractivity contribution in [2.75, 3.05) is 0 Å². The second-order valence-electron chi connectivity index (χ2n) is 14.1. The van der Waals surface area contributed by atoms with Crippen LogP contribution < -0.4 is 0 Å². The molecule has 0 aromatic heterocycles. The van der Waals surface area contributed by atoms with E-state index in [-0.39, 0.29) is 46.0 Å². The Morgan fingerprint density at radius 3 is 2.43 bits per heavy atom. The third-order valence-electron chi connectivity index (χ3n) is 12.5. The largest absolute Gasteiger partial charge is 0.454 e. The fourth-order valence-electron chi connectivity index (χ4n) is 10.2. The van der Waals surface area contributed by atoms with Gasteiger partial charge >= 0.3 is 5.97 Å². The van der Waals surface area contributed by atoms with Gasteiger partial charge in [0.1, 0.15) is 0 Å². The van der Waals surface area contributed by atoms with Gasteiger partial charge in [0, 0.05) is 22.7 Å². The molecule has 4 fully saturated rings. The summed E-state index contributed by atoms with van der Waals surface area (Å²) in [5, 5.41) is 0. The summed E-state index contributed by atoms with van der Waals surface area (Å²) in [4.78, 5) is 30.0. The average molecular weight is 480 g/mol. The number of ether oxygens (including phenoxy) is 1. The number of alkyl halides is 1. The van der Waals surface area contributed by atoms with Crippen molar-refractivity contribution >= 4 is 11.8 Å². The van der Waals surface area contributed by atoms with Gasteiger partial charge in [-0.15, -0.1) is 0 Å². The summed E-state index contributed by atoms with van der Waals surface area (Å²) in [6.07, 6.45) is 8.01. The van der Waals surface area contributed by atoms with Crippen LogP contribution in [0.5, 0.6) is 0 Å². The number of carbonyl (C=O) groups is 2. The highest BCUT2D eigenvalue weighted by molar-refractivity contribution is 6.00. The topological polar surface area (TPSA) is 47.7 Å². The Bertz CT molecular complexity index is 1160. The minimum atomic E-state index is -1.39. The van der Waals surface area contributed by atoms with Crippen LogP contribution in [0, 0.1) is 51.4 Å². The molecule has 6 aliphatic rings. The first kappa shape index (κ1) is 23.4. The Hall–Kier alpha value is -1.96. The van der Waals surface area contributed by atoms with Crippen molar-refractivity contribution in [2.24, 2.45) is 44.8 Å². The van der Waals surface area contributed by atoms with Crippen molar-refractivity contribution in [2.45, 2.75) is 98.3 Å². The summed E-state index contributed by atoms with van der Waals surface area (Å²) < 4.78 is 23.4. The number of rotatable bonds is 0. The molecule has 1 spiro atoms. The molecule has 0 radical (unpaired) electrons. The van der Waals surface area contributed by atoms with Crippen LogP contribution in [0.3, 0.4) is 0 Å². The van der Waals surface area contributed by atoms with Gasteiger partial charge in [0.15, 0.2) is 17.6 Å². The van der Waals surface area contributed by atoms with Crippen LogP contribution in [0.1, 0.15) is 86.5 Å². The van der Waals surface area contributed by atoms with Gasteiger partial charge in [-0.25, -0.2) is 9.24 Å². The number of ketones is 1. The van der Waals surface area contributed by atoms with E-state index < -0.39 is 28.0 Å². The SMILES string of the molecule is [C-]#[N+]C1=C[C@]2(C)C3=CC(F)[C@]45OC(=O)[C@@]6(CCC(C)(C)C[C@H]64)CC[C@@]5(C)[C@]3(C)CC[C@H]2[C@H](C)C1=O. The van der Waals surface area contributed by atoms with Crippen molar-refractivity contribution in [1.29, 1.82) is 0 Å². The van der Waals surface area contributed by atoms with E-state index in [9.17, 15) is 9.59 Å². The van der Waals surface area contributed by atoms with Gasteiger partial charge in [0.2, 0.25) is 5.70 Å². The molecule has 1 aliphatic heterocycles. The van der Waals surface area contributed by atoms with Gasteiger partial charge in [-0.3, -0.25) is 4.79 Å². The monoisotopic (exact) mass is 479 g/mol. The molecule has 188 valence electrons. The molecule has 0 amide bonds. The number of esters is 1. The maximum Gasteiger partial charge on any atom is 0.313 e. The number of halogens is 1. The van der Waals surface area contributed by atoms with Gasteiger partial charge in [-0.05, 0) is 67.8 Å². The smallest absolute Gasteiger partial charge is 0.313 e. The van der Waals surface area contributed by atoms with E-state index in [2.05, 4.69) is 39.5 Å². The maximum absolute atomic E-state index is 17.0. The van der Waals surface area contributed by atoms with Crippen LogP contribution in [-0.4, -0.2) is 23.5 Å². The van der Waals surface area contributed by atoms with E-state index in [0.717, 1.165) is 50.5 Å². The van der Waals surface area contributed by atoms with Crippen LogP contribution in [0.2, 0.25) is 0 Å². The summed E-state index contributed by atoms with van der Waals surface area (Å²) in [6.45, 7) is 20.6. The quantitative estimate of drug-likeness (QED) is 0.223. The highest BCUT2D eigenvalue weighted by Crippen LogP contribution is 2.79. The number of carbonyl (C=O) groups excluding carboxylic acids is 2. The Morgan fingerprint density at radius 1 is 1.06 bits per heavy atom. The van der Waals surface area contributed by atoms with Crippen LogP contribution in [-0.2, 0) is 14.3 Å². The second-order valence-corrected chi connectivity index (χ2v) is 14.1. The number of Topliss-reactive ketones (excluding diaryl/α,β-unsaturated/α-hetero) is 1. The molecule has 35 heavy (non-hydrogen) atoms. The molecule has 1 saturated heterocycles. The molecule has 5 heteroatoms. The molecule has 4 nitrogen and oxygen atoms in total. The van der Waals surface area contributed by atoms with E-state index in [0.29, 0.717) is 0 Å². The zero-order chi connectivity index (χ0) is 25.4. The Morgan fingerprint density at radius 2 is 1.74 bits per heavy atom. The molecule has 3 saturated carbocycles. The lowest BCUT2D eigenvalue weighted by atomic mass is 9.34. The first-order chi connectivity index (χ1) is 16.2. The number of hydrogen-bond donors (Lipinski definition) is 0. The summed E-state index contributed by atoms with van der Waals surface area (Å²) in [7, 11) is 0. The molecule has 2 bridgehead atoms. The van der Waals surface area contributed by atoms with Crippen molar-refractivity contribution in [3.63, 3.8) is 0 Å². The molecule has 1 unspecified atom stereocenters. The molecule has 0 aromatic carbocycles. The van der Waals surface area contributed by atoms with Gasteiger partial charge < -0.3 is 9.53 Å². The standard InChI is InChI=1S/C30H38FNO3/c1-17-18-8-9-27(5)20(26(18,4)15-19(32-7)23(17)33)14-22(31)30-21-16-25(2,3)10-12-29(21,24(34)35-30)13-11-28(27,30)6/h14-15,17-18,21-22H,8-13,16H2,1-6H3/t17-,18-,21+,22?,26-,27+,28-,29-,30+/m0/s1. The van der Waals surface area contributed by atoms with Crippen molar-refractivity contribution in [3.8, 4) is 0 Å². The van der Waals surface area contributed by atoms with Crippen molar-refractivity contribution in [3.05, 3.63) is 34.8 Å². The Labute approximate surface area is 208 Å². The van der Waals surface area contributed by atoms with Gasteiger partial charge in [0.25, 0.3) is 0 Å². The lowest BCUT2D eigenvalue weighted by molar-refractivity contribution is -0.229. The summed E-state index contributed by atoms with van der Waals surface area (Å²) >= 11 is 0. The van der Waals surface area contributed by atoms with E-state index in [4.69, 9.17) is 11.3 Å². The first-order valence-corrected chi connectivity index (χ1v) is 13.5. The minimum Gasteiger partial charge on any atom is -0.454 e. The fraction of sp³-hybridized carbons (Fsp3) is 0.767. The highest BCUT2D eigenvalue weighted by atomic mass is 19.1. The minimum absolute atomic E-state index is 0.0482. The van der Waals surface area contributed by atoms with E-state index in [1.165, 1.54) is 0 Å². The fourth-order valence-corrected chi connectivity index (χ4v) is 10.2. The zero-order valence-electron chi connectivity index (χ0n) is 22.0. The molecule has 6 rings (SSSR count). The predicted molar refractivity (Wildman–Crippen MR) is 130 cm³/mol. The van der Waals surface area contributed by atoms with E-state index in [1.54, 1.807) is 6.08 Å². The third-order valence-corrected chi connectivity index (χ3v) is 12.5. The van der Waals surface area contributed by atoms with Crippen molar-refractivity contribution in [1.82, 2.24) is 0 Å². The summed E-state index contributed by atoms with van der Waals surface area (Å²) in [5.74, 6) is -0.590. The highest BCUT2D eigenvalue weighted by Gasteiger charge is 2.82. The lowest BCUT2D eigenvalue weighted by Gasteiger charge is -2.69. The molecule has 9 atom stereocenters.